The van der Waals surface area contributed by atoms with Crippen molar-refractivity contribution in [3.8, 4) is 0 Å². The summed E-state index contributed by atoms with van der Waals surface area (Å²) in [5.74, 6) is 0.699. The van der Waals surface area contributed by atoms with Gasteiger partial charge in [-0.2, -0.15) is 0 Å². The zero-order valence-corrected chi connectivity index (χ0v) is 7.17. The molecule has 1 rings (SSSR count). The summed E-state index contributed by atoms with van der Waals surface area (Å²) in [4.78, 5) is 1.57. The van der Waals surface area contributed by atoms with E-state index in [-0.39, 0.29) is 0 Å². The van der Waals surface area contributed by atoms with E-state index in [9.17, 15) is 0 Å². The number of hydrogen-bond donors (Lipinski definition) is 0. The Bertz CT molecular complexity index is 243. The van der Waals surface area contributed by atoms with Gasteiger partial charge < -0.3 is 0 Å². The third-order valence-electron chi connectivity index (χ3n) is 1.12. The van der Waals surface area contributed by atoms with Gasteiger partial charge in [-0.15, -0.1) is 9.89 Å². The first-order valence-electron chi connectivity index (χ1n) is 3.05. The maximum absolute atomic E-state index is 4.57. The van der Waals surface area contributed by atoms with Crippen LogP contribution in [-0.2, 0) is 6.42 Å². The Hall–Kier alpha value is -1.04. The van der Waals surface area contributed by atoms with Gasteiger partial charge in [-0.1, -0.05) is 12.2 Å². The molecule has 5 nitrogen and oxygen atoms in total. The lowest BCUT2D eigenvalue weighted by atomic mass is 10.5. The molecule has 0 saturated carbocycles. The summed E-state index contributed by atoms with van der Waals surface area (Å²) in [5.41, 5.74) is 0. The van der Waals surface area contributed by atoms with Crippen molar-refractivity contribution in [3.63, 3.8) is 0 Å². The van der Waals surface area contributed by atoms with Crippen molar-refractivity contribution in [2.45, 2.75) is 6.42 Å². The van der Waals surface area contributed by atoms with Crippen LogP contribution in [0.5, 0.6) is 0 Å². The van der Waals surface area contributed by atoms with Crippen molar-refractivity contribution in [2.24, 2.45) is 0 Å². The molecule has 11 heavy (non-hydrogen) atoms. The zero-order valence-electron chi connectivity index (χ0n) is 6.35. The maximum Gasteiger partial charge on any atom is 0.179 e. The summed E-state index contributed by atoms with van der Waals surface area (Å²) in [5, 5.41) is 15.3. The number of thiocarbonyl (C=S) groups is 1. The van der Waals surface area contributed by atoms with E-state index in [0.717, 1.165) is 0 Å². The lowest BCUT2D eigenvalue weighted by molar-refractivity contribution is 0.592. The molecule has 0 aliphatic rings. The molecule has 0 amide bonds. The number of rotatable bonds is 3. The highest BCUT2D eigenvalue weighted by atomic mass is 32.1. The Morgan fingerprint density at radius 3 is 2.91 bits per heavy atom. The second kappa shape index (κ2) is 3.38. The standard InChI is InChI=1S/C5H8N5S/c1-9(2)10-5(3-4-11)6-7-8-10/h3H2,1-2H3. The predicted molar refractivity (Wildman–Crippen MR) is 44.2 cm³/mol. The molecule has 0 aliphatic carbocycles. The van der Waals surface area contributed by atoms with Crippen molar-refractivity contribution >= 4 is 17.6 Å². The quantitative estimate of drug-likeness (QED) is 0.561. The summed E-state index contributed by atoms with van der Waals surface area (Å²) < 4.78 is 0. The van der Waals surface area contributed by atoms with Gasteiger partial charge in [0, 0.05) is 25.9 Å². The van der Waals surface area contributed by atoms with Gasteiger partial charge in [-0.25, -0.2) is 0 Å². The van der Waals surface area contributed by atoms with Crippen molar-refractivity contribution < 1.29 is 0 Å². The van der Waals surface area contributed by atoms with E-state index in [1.807, 2.05) is 14.1 Å². The molecule has 1 aromatic heterocycles. The zero-order chi connectivity index (χ0) is 8.27. The lowest BCUT2D eigenvalue weighted by Gasteiger charge is -2.11. The van der Waals surface area contributed by atoms with Gasteiger partial charge in [0.1, 0.15) is 0 Å². The molecule has 0 N–H and O–H groups in total. The molecular weight excluding hydrogens is 162 g/mol. The van der Waals surface area contributed by atoms with Gasteiger partial charge in [0.2, 0.25) is 0 Å². The number of aromatic nitrogens is 4. The van der Waals surface area contributed by atoms with Crippen LogP contribution in [0.15, 0.2) is 0 Å². The molecule has 0 bridgehead atoms. The predicted octanol–water partition coefficient (Wildman–Crippen LogP) is -0.710. The maximum atomic E-state index is 4.57. The normalized spacial score (nSPS) is 9.64. The highest BCUT2D eigenvalue weighted by Crippen LogP contribution is 1.90. The number of hydrogen-bond acceptors (Lipinski definition) is 5. The fourth-order valence-electron chi connectivity index (χ4n) is 0.683. The summed E-state index contributed by atoms with van der Waals surface area (Å²) in [6.45, 7) is 0. The molecule has 6 heteroatoms. The smallest absolute Gasteiger partial charge is 0.179 e. The van der Waals surface area contributed by atoms with Gasteiger partial charge in [0.25, 0.3) is 0 Å². The van der Waals surface area contributed by atoms with Crippen LogP contribution in [0.4, 0.5) is 0 Å². The van der Waals surface area contributed by atoms with Crippen molar-refractivity contribution in [3.05, 3.63) is 5.82 Å². The van der Waals surface area contributed by atoms with Crippen molar-refractivity contribution in [1.29, 1.82) is 0 Å². The second-order valence-electron chi connectivity index (χ2n) is 2.15. The van der Waals surface area contributed by atoms with Crippen molar-refractivity contribution in [1.82, 2.24) is 20.3 Å². The summed E-state index contributed by atoms with van der Waals surface area (Å²) >= 11 is 4.57. The van der Waals surface area contributed by atoms with Gasteiger partial charge in [0.15, 0.2) is 5.82 Å². The van der Waals surface area contributed by atoms with E-state index in [1.165, 1.54) is 0 Å². The molecule has 0 atom stereocenters. The monoisotopic (exact) mass is 170 g/mol. The molecule has 0 spiro atoms. The van der Waals surface area contributed by atoms with Crippen LogP contribution in [-0.4, -0.2) is 39.8 Å². The Morgan fingerprint density at radius 1 is 1.64 bits per heavy atom. The van der Waals surface area contributed by atoms with E-state index >= 15 is 0 Å². The first-order chi connectivity index (χ1) is 5.25. The molecular formula is C5H8N5S. The fourth-order valence-corrected chi connectivity index (χ4v) is 0.812. The minimum absolute atomic E-state index is 0.487. The molecule has 0 saturated heterocycles. The van der Waals surface area contributed by atoms with Crippen LogP contribution in [0.1, 0.15) is 5.82 Å². The van der Waals surface area contributed by atoms with E-state index in [1.54, 1.807) is 9.80 Å². The highest BCUT2D eigenvalue weighted by molar-refractivity contribution is 7.78. The Balaban J connectivity index is 2.86. The number of nitrogens with zero attached hydrogens (tertiary/aromatic N) is 5. The van der Waals surface area contributed by atoms with Crippen LogP contribution in [0.3, 0.4) is 0 Å². The highest BCUT2D eigenvalue weighted by Gasteiger charge is 2.04. The lowest BCUT2D eigenvalue weighted by Crippen LogP contribution is -2.28. The van der Waals surface area contributed by atoms with Gasteiger partial charge in [0.05, 0.1) is 0 Å². The topological polar surface area (TPSA) is 46.8 Å². The fraction of sp³-hybridized carbons (Fsp3) is 0.600. The van der Waals surface area contributed by atoms with Crippen LogP contribution in [0, 0.1) is 0 Å². The minimum Gasteiger partial charge on any atom is -0.300 e. The Morgan fingerprint density at radius 2 is 2.36 bits per heavy atom. The second-order valence-corrected chi connectivity index (χ2v) is 2.44. The van der Waals surface area contributed by atoms with Gasteiger partial charge in [-0.05, 0) is 10.4 Å². The largest absolute Gasteiger partial charge is 0.300 e. The number of tetrazole rings is 1. The molecule has 0 aliphatic heterocycles. The first-order valence-corrected chi connectivity index (χ1v) is 3.46. The molecule has 1 aromatic rings. The summed E-state index contributed by atoms with van der Waals surface area (Å²) in [6, 6.07) is 0. The minimum atomic E-state index is 0.487. The molecule has 0 aromatic carbocycles. The van der Waals surface area contributed by atoms with Crippen LogP contribution < -0.4 is 5.01 Å². The molecule has 0 fully saturated rings. The van der Waals surface area contributed by atoms with E-state index in [4.69, 9.17) is 0 Å². The molecule has 0 unspecified atom stereocenters. The Kier molecular flexibility index (Phi) is 2.48. The van der Waals surface area contributed by atoms with Crippen LogP contribution in [0.2, 0.25) is 0 Å². The molecule has 1 radical (unpaired) electrons. The SMILES string of the molecule is CN(C)n1nnnc1C[C]=S. The average molecular weight is 170 g/mol. The first kappa shape index (κ1) is 8.06. The third kappa shape index (κ3) is 1.70. The van der Waals surface area contributed by atoms with Crippen LogP contribution in [0.25, 0.3) is 0 Å². The molecule has 59 valence electrons. The molecule has 1 heterocycles. The van der Waals surface area contributed by atoms with E-state index in [2.05, 4.69) is 33.1 Å². The average Bonchev–Trinajstić information content (AvgIpc) is 2.36. The summed E-state index contributed by atoms with van der Waals surface area (Å²) in [6.07, 6.45) is 0.487. The van der Waals surface area contributed by atoms with Gasteiger partial charge >= 0.3 is 0 Å². The van der Waals surface area contributed by atoms with Crippen LogP contribution >= 0.6 is 12.2 Å². The Labute approximate surface area is 70.0 Å². The van der Waals surface area contributed by atoms with E-state index < -0.39 is 0 Å². The third-order valence-corrected chi connectivity index (χ3v) is 1.27. The van der Waals surface area contributed by atoms with Crippen molar-refractivity contribution in [2.75, 3.05) is 19.1 Å². The summed E-state index contributed by atoms with van der Waals surface area (Å²) in [7, 11) is 3.70. The van der Waals surface area contributed by atoms with E-state index in [0.29, 0.717) is 12.2 Å². The van der Waals surface area contributed by atoms with Gasteiger partial charge in [-0.3, -0.25) is 5.01 Å².